The van der Waals surface area contributed by atoms with Crippen molar-refractivity contribution in [3.63, 3.8) is 0 Å². The van der Waals surface area contributed by atoms with Crippen LogP contribution in [0.2, 0.25) is 0 Å². The first kappa shape index (κ1) is 15.1. The fourth-order valence-corrected chi connectivity index (χ4v) is 2.33. The van der Waals surface area contributed by atoms with Crippen LogP contribution in [0.25, 0.3) is 0 Å². The van der Waals surface area contributed by atoms with Gasteiger partial charge >= 0.3 is 0 Å². The molecule has 0 bridgehead atoms. The van der Waals surface area contributed by atoms with Crippen LogP contribution in [-0.2, 0) is 9.84 Å². The summed E-state index contributed by atoms with van der Waals surface area (Å²) in [5.41, 5.74) is 0. The van der Waals surface area contributed by atoms with Gasteiger partial charge in [0.1, 0.15) is 0 Å². The lowest BCUT2D eigenvalue weighted by Gasteiger charge is -2.04. The van der Waals surface area contributed by atoms with Crippen molar-refractivity contribution in [3.8, 4) is 0 Å². The molecule has 2 nitrogen and oxygen atoms in total. The van der Waals surface area contributed by atoms with Crippen molar-refractivity contribution in [1.82, 2.24) is 0 Å². The average Bonchev–Trinajstić information content (AvgIpc) is 2.30. The van der Waals surface area contributed by atoms with Crippen molar-refractivity contribution in [2.45, 2.75) is 0 Å². The highest BCUT2D eigenvalue weighted by atomic mass is 32.2. The Kier molecular flexibility index (Phi) is 6.60. The molecular formula is C14H16O2S. The van der Waals surface area contributed by atoms with E-state index in [2.05, 4.69) is 26.3 Å². The quantitative estimate of drug-likeness (QED) is 0.646. The van der Waals surface area contributed by atoms with E-state index in [-0.39, 0.29) is 9.81 Å². The van der Waals surface area contributed by atoms with Gasteiger partial charge in [-0.2, -0.15) is 0 Å². The van der Waals surface area contributed by atoms with Crippen LogP contribution in [0.1, 0.15) is 0 Å². The van der Waals surface area contributed by atoms with Gasteiger partial charge in [-0.15, -0.1) is 0 Å². The lowest BCUT2D eigenvalue weighted by Crippen LogP contribution is -2.04. The van der Waals surface area contributed by atoms with Crippen LogP contribution in [0.3, 0.4) is 0 Å². The molecule has 0 aromatic heterocycles. The van der Waals surface area contributed by atoms with E-state index in [1.165, 1.54) is 42.5 Å². The second kappa shape index (κ2) is 7.41. The number of hydrogen-bond donors (Lipinski definition) is 0. The highest BCUT2D eigenvalue weighted by Crippen LogP contribution is 2.19. The Hall–Kier alpha value is -1.87. The maximum absolute atomic E-state index is 12.2. The van der Waals surface area contributed by atoms with Gasteiger partial charge in [0.05, 0.1) is 9.81 Å². The van der Waals surface area contributed by atoms with Gasteiger partial charge < -0.3 is 0 Å². The van der Waals surface area contributed by atoms with E-state index in [1.54, 1.807) is 6.08 Å². The van der Waals surface area contributed by atoms with Gasteiger partial charge in [-0.05, 0) is 18.2 Å². The summed E-state index contributed by atoms with van der Waals surface area (Å²) in [6.45, 7) is 13.9. The standard InChI is InChI=1S/C14H16O2S/c1-5-9-12-14(11-7-3)17(15,16)13(8-4)10-6-2/h5-12H,1-4H2/b12-9-,13-10+,14-11+. The average molecular weight is 248 g/mol. The minimum atomic E-state index is -3.58. The third-order valence-corrected chi connectivity index (χ3v) is 3.60. The first-order chi connectivity index (χ1) is 8.04. The van der Waals surface area contributed by atoms with Crippen LogP contribution in [-0.4, -0.2) is 8.42 Å². The zero-order chi connectivity index (χ0) is 13.3. The number of rotatable bonds is 7. The molecule has 0 saturated carbocycles. The molecule has 0 aliphatic rings. The molecule has 0 aliphatic heterocycles. The van der Waals surface area contributed by atoms with Crippen molar-refractivity contribution in [3.05, 3.63) is 84.7 Å². The Bertz CT molecular complexity index is 500. The normalized spacial score (nSPS) is 13.4. The highest BCUT2D eigenvalue weighted by molar-refractivity contribution is 7.99. The molecule has 0 spiro atoms. The van der Waals surface area contributed by atoms with E-state index in [0.717, 1.165) is 0 Å². The molecule has 0 aliphatic carbocycles. The molecule has 0 atom stereocenters. The molecule has 0 saturated heterocycles. The molecule has 0 radical (unpaired) electrons. The minimum Gasteiger partial charge on any atom is -0.219 e. The molecule has 17 heavy (non-hydrogen) atoms. The van der Waals surface area contributed by atoms with E-state index < -0.39 is 9.84 Å². The number of hydrogen-bond acceptors (Lipinski definition) is 2. The van der Waals surface area contributed by atoms with Gasteiger partial charge in [-0.25, -0.2) is 8.42 Å². The summed E-state index contributed by atoms with van der Waals surface area (Å²) < 4.78 is 24.3. The van der Waals surface area contributed by atoms with Crippen molar-refractivity contribution >= 4 is 9.84 Å². The summed E-state index contributed by atoms with van der Waals surface area (Å²) in [5, 5.41) is 0. The predicted molar refractivity (Wildman–Crippen MR) is 75.0 cm³/mol. The second-order valence-electron chi connectivity index (χ2n) is 2.91. The van der Waals surface area contributed by atoms with E-state index in [4.69, 9.17) is 0 Å². The van der Waals surface area contributed by atoms with Gasteiger partial charge in [0.25, 0.3) is 0 Å². The molecule has 90 valence electrons. The number of allylic oxidation sites excluding steroid dienone is 8. The van der Waals surface area contributed by atoms with Crippen molar-refractivity contribution < 1.29 is 8.42 Å². The monoisotopic (exact) mass is 248 g/mol. The molecule has 0 amide bonds. The summed E-state index contributed by atoms with van der Waals surface area (Å²) in [5.74, 6) is 0. The van der Waals surface area contributed by atoms with Gasteiger partial charge in [0.2, 0.25) is 9.84 Å². The van der Waals surface area contributed by atoms with Gasteiger partial charge in [0.15, 0.2) is 0 Å². The predicted octanol–water partition coefficient (Wildman–Crippen LogP) is 3.47. The maximum atomic E-state index is 12.2. The summed E-state index contributed by atoms with van der Waals surface area (Å²) in [4.78, 5) is 0.217. The van der Waals surface area contributed by atoms with E-state index in [0.29, 0.717) is 0 Å². The smallest absolute Gasteiger partial charge is 0.206 e. The van der Waals surface area contributed by atoms with Crippen LogP contribution in [0.4, 0.5) is 0 Å². The number of sulfone groups is 1. The molecule has 3 heteroatoms. The summed E-state index contributed by atoms with van der Waals surface area (Å²) in [6, 6.07) is 0. The largest absolute Gasteiger partial charge is 0.219 e. The third-order valence-electron chi connectivity index (χ3n) is 1.78. The van der Waals surface area contributed by atoms with Crippen LogP contribution < -0.4 is 0 Å². The fourth-order valence-electron chi connectivity index (χ4n) is 1.03. The Morgan fingerprint density at radius 2 is 1.35 bits per heavy atom. The van der Waals surface area contributed by atoms with Crippen LogP contribution >= 0.6 is 0 Å². The van der Waals surface area contributed by atoms with Crippen LogP contribution in [0.5, 0.6) is 0 Å². The molecular weight excluding hydrogens is 232 g/mol. The summed E-state index contributed by atoms with van der Waals surface area (Å²) in [6.07, 6.45) is 11.4. The molecule has 0 fully saturated rings. The van der Waals surface area contributed by atoms with Gasteiger partial charge in [-0.1, -0.05) is 56.7 Å². The zero-order valence-corrected chi connectivity index (χ0v) is 10.5. The summed E-state index contributed by atoms with van der Waals surface area (Å²) in [7, 11) is -3.58. The maximum Gasteiger partial charge on any atom is 0.206 e. The van der Waals surface area contributed by atoms with Gasteiger partial charge in [0, 0.05) is 0 Å². The van der Waals surface area contributed by atoms with Crippen molar-refractivity contribution in [1.29, 1.82) is 0 Å². The third kappa shape index (κ3) is 4.25. The zero-order valence-electron chi connectivity index (χ0n) is 9.67. The SMILES string of the molecule is C=C/C=C\C(=C/C=C)S(=O)(=O)/C(C=C)=C/C=C. The molecule has 0 heterocycles. The molecule has 0 N–H and O–H groups in total. The molecule has 0 aromatic carbocycles. The van der Waals surface area contributed by atoms with E-state index >= 15 is 0 Å². The molecule has 0 aromatic rings. The second-order valence-corrected chi connectivity index (χ2v) is 4.86. The van der Waals surface area contributed by atoms with Crippen LogP contribution in [0, 0.1) is 0 Å². The van der Waals surface area contributed by atoms with E-state index in [1.807, 2.05) is 0 Å². The summed E-state index contributed by atoms with van der Waals surface area (Å²) >= 11 is 0. The van der Waals surface area contributed by atoms with Gasteiger partial charge in [-0.3, -0.25) is 0 Å². The van der Waals surface area contributed by atoms with E-state index in [9.17, 15) is 8.42 Å². The Morgan fingerprint density at radius 3 is 1.76 bits per heavy atom. The van der Waals surface area contributed by atoms with Crippen molar-refractivity contribution in [2.24, 2.45) is 0 Å². The Balaban J connectivity index is 5.76. The lowest BCUT2D eigenvalue weighted by molar-refractivity contribution is 0.609. The fraction of sp³-hybridized carbons (Fsp3) is 0. The highest BCUT2D eigenvalue weighted by Gasteiger charge is 2.17. The lowest BCUT2D eigenvalue weighted by atomic mass is 10.4. The van der Waals surface area contributed by atoms with Crippen LogP contribution in [0.15, 0.2) is 84.7 Å². The van der Waals surface area contributed by atoms with Crippen molar-refractivity contribution in [2.75, 3.05) is 0 Å². The first-order valence-electron chi connectivity index (χ1n) is 4.86. The Morgan fingerprint density at radius 1 is 0.824 bits per heavy atom. The molecule has 0 unspecified atom stereocenters. The first-order valence-corrected chi connectivity index (χ1v) is 6.35. The topological polar surface area (TPSA) is 34.1 Å². The Labute approximate surface area is 103 Å². The molecule has 0 rings (SSSR count). The minimum absolute atomic E-state index is 0.0920.